The highest BCUT2D eigenvalue weighted by molar-refractivity contribution is 9.11. The molecule has 3 rings (SSSR count). The maximum Gasteiger partial charge on any atom is 0.278 e. The van der Waals surface area contributed by atoms with Gasteiger partial charge < -0.3 is 16.8 Å². The van der Waals surface area contributed by atoms with Gasteiger partial charge in [0.05, 0.1) is 16.0 Å². The van der Waals surface area contributed by atoms with Gasteiger partial charge in [0.25, 0.3) is 5.91 Å². The summed E-state index contributed by atoms with van der Waals surface area (Å²) in [4.78, 5) is 21.0. The van der Waals surface area contributed by atoms with Crippen LogP contribution in [0.1, 0.15) is 56.1 Å². The average Bonchev–Trinajstić information content (AvgIpc) is 2.95. The quantitative estimate of drug-likeness (QED) is 0.331. The molecule has 0 unspecified atom stereocenters. The zero-order valence-corrected chi connectivity index (χ0v) is 16.9. The van der Waals surface area contributed by atoms with Crippen molar-refractivity contribution in [2.24, 2.45) is 11.1 Å². The molecule has 9 nitrogen and oxygen atoms in total. The minimum Gasteiger partial charge on any atom is -0.393 e. The van der Waals surface area contributed by atoms with Crippen LogP contribution in [0.3, 0.4) is 0 Å². The topological polar surface area (TPSA) is 149 Å². The lowest BCUT2D eigenvalue weighted by molar-refractivity contribution is 0.0971. The highest BCUT2D eigenvalue weighted by Crippen LogP contribution is 2.41. The Morgan fingerprint density at radius 2 is 2.07 bits per heavy atom. The molecule has 0 radical (unpaired) electrons. The van der Waals surface area contributed by atoms with Gasteiger partial charge in [-0.3, -0.25) is 10.2 Å². The highest BCUT2D eigenvalue weighted by atomic mass is 79.9. The molecule has 0 saturated heterocycles. The maximum absolute atomic E-state index is 12.7. The van der Waals surface area contributed by atoms with Crippen molar-refractivity contribution in [2.75, 3.05) is 5.73 Å². The fourth-order valence-corrected chi connectivity index (χ4v) is 3.62. The van der Waals surface area contributed by atoms with E-state index in [0.29, 0.717) is 16.4 Å². The Balaban J connectivity index is 1.98. The lowest BCUT2D eigenvalue weighted by Crippen LogP contribution is -2.30. The van der Waals surface area contributed by atoms with Crippen molar-refractivity contribution in [1.29, 1.82) is 5.41 Å². The summed E-state index contributed by atoms with van der Waals surface area (Å²) in [5.41, 5.74) is 12.4. The van der Waals surface area contributed by atoms with Gasteiger partial charge in [0, 0.05) is 6.08 Å². The van der Waals surface area contributed by atoms with Crippen molar-refractivity contribution in [1.82, 2.24) is 25.1 Å². The van der Waals surface area contributed by atoms with Gasteiger partial charge in [0.15, 0.2) is 11.3 Å². The third kappa shape index (κ3) is 4.10. The Morgan fingerprint density at radius 3 is 2.70 bits per heavy atom. The van der Waals surface area contributed by atoms with Crippen LogP contribution in [-0.4, -0.2) is 31.5 Å². The second kappa shape index (κ2) is 7.26. The van der Waals surface area contributed by atoms with Gasteiger partial charge in [-0.15, -0.1) is 0 Å². The summed E-state index contributed by atoms with van der Waals surface area (Å²) in [7, 11) is 0. The number of nitrogens with zero attached hydrogens (tertiary/aromatic N) is 4. The molecule has 144 valence electrons. The number of carbonyl (C=O) groups is 1. The van der Waals surface area contributed by atoms with Crippen molar-refractivity contribution in [3.63, 3.8) is 0 Å². The number of carbonyl (C=O) groups excluding carboxylic acids is 1. The SMILES string of the molecule is CC1(C)CCC(n2nc(C(=O)NC(=N)/C=C(\N)Br)c3c(N)ncnc32)CC1. The third-order valence-corrected chi connectivity index (χ3v) is 5.15. The number of nitrogens with two attached hydrogens (primary N) is 2. The van der Waals surface area contributed by atoms with Gasteiger partial charge in [-0.25, -0.2) is 14.6 Å². The molecule has 0 aromatic carbocycles. The van der Waals surface area contributed by atoms with E-state index >= 15 is 0 Å². The summed E-state index contributed by atoms with van der Waals surface area (Å²) in [6.45, 7) is 4.52. The molecule has 2 aromatic rings. The number of halogens is 1. The second-order valence-electron chi connectivity index (χ2n) is 7.54. The molecular formula is C17H23BrN8O. The number of nitrogen functional groups attached to an aromatic ring is 1. The van der Waals surface area contributed by atoms with Gasteiger partial charge in [0.1, 0.15) is 18.0 Å². The Labute approximate surface area is 165 Å². The molecule has 10 heteroatoms. The number of amidine groups is 1. The number of nitrogens with one attached hydrogen (secondary N) is 2. The van der Waals surface area contributed by atoms with E-state index in [9.17, 15) is 4.79 Å². The molecule has 1 aliphatic carbocycles. The van der Waals surface area contributed by atoms with E-state index in [0.717, 1.165) is 25.7 Å². The van der Waals surface area contributed by atoms with Crippen molar-refractivity contribution in [3.8, 4) is 0 Å². The minimum absolute atomic E-state index is 0.110. The summed E-state index contributed by atoms with van der Waals surface area (Å²) in [5, 5.41) is 15.2. The summed E-state index contributed by atoms with van der Waals surface area (Å²) in [6.07, 6.45) is 6.70. The van der Waals surface area contributed by atoms with Crippen LogP contribution in [0.5, 0.6) is 0 Å². The predicted octanol–water partition coefficient (Wildman–Crippen LogP) is 2.45. The van der Waals surface area contributed by atoms with Gasteiger partial charge in [0.2, 0.25) is 0 Å². The molecule has 0 atom stereocenters. The van der Waals surface area contributed by atoms with E-state index in [4.69, 9.17) is 16.9 Å². The Bertz CT molecular complexity index is 918. The van der Waals surface area contributed by atoms with Crippen LogP contribution in [0.2, 0.25) is 0 Å². The van der Waals surface area contributed by atoms with Crippen LogP contribution in [-0.2, 0) is 0 Å². The number of amides is 1. The smallest absolute Gasteiger partial charge is 0.278 e. The summed E-state index contributed by atoms with van der Waals surface area (Å²) >= 11 is 3.02. The van der Waals surface area contributed by atoms with Crippen LogP contribution in [0.4, 0.5) is 5.82 Å². The van der Waals surface area contributed by atoms with Gasteiger partial charge in [-0.05, 0) is 47.0 Å². The number of aromatic nitrogens is 4. The number of rotatable bonds is 3. The first-order valence-electron chi connectivity index (χ1n) is 8.69. The molecule has 0 bridgehead atoms. The third-order valence-electron chi connectivity index (χ3n) is 4.92. The molecular weight excluding hydrogens is 412 g/mol. The number of hydrogen-bond acceptors (Lipinski definition) is 7. The van der Waals surface area contributed by atoms with Gasteiger partial charge >= 0.3 is 0 Å². The number of fused-ring (bicyclic) bond motifs is 1. The zero-order chi connectivity index (χ0) is 19.8. The minimum atomic E-state index is -0.550. The first-order chi connectivity index (χ1) is 12.7. The number of anilines is 1. The monoisotopic (exact) mass is 434 g/mol. The second-order valence-corrected chi connectivity index (χ2v) is 8.46. The fourth-order valence-electron chi connectivity index (χ4n) is 3.39. The van der Waals surface area contributed by atoms with Crippen molar-refractivity contribution >= 4 is 44.5 Å². The van der Waals surface area contributed by atoms with Crippen molar-refractivity contribution in [3.05, 3.63) is 22.7 Å². The molecule has 1 aliphatic rings. The Kier molecular flexibility index (Phi) is 5.18. The highest BCUT2D eigenvalue weighted by Gasteiger charge is 2.31. The Morgan fingerprint density at radius 1 is 1.41 bits per heavy atom. The van der Waals surface area contributed by atoms with Crippen LogP contribution in [0.25, 0.3) is 11.0 Å². The molecule has 2 aromatic heterocycles. The predicted molar refractivity (Wildman–Crippen MR) is 107 cm³/mol. The first kappa shape index (κ1) is 19.3. The van der Waals surface area contributed by atoms with E-state index < -0.39 is 5.91 Å². The van der Waals surface area contributed by atoms with Gasteiger partial charge in [-0.1, -0.05) is 13.8 Å². The molecule has 1 amide bonds. The average molecular weight is 435 g/mol. The normalized spacial score (nSPS) is 17.8. The molecule has 1 saturated carbocycles. The van der Waals surface area contributed by atoms with Crippen molar-refractivity contribution in [2.45, 2.75) is 45.6 Å². The Hall–Kier alpha value is -2.49. The van der Waals surface area contributed by atoms with E-state index in [1.54, 1.807) is 4.68 Å². The summed E-state index contributed by atoms with van der Waals surface area (Å²) < 4.78 is 2.02. The van der Waals surface area contributed by atoms with Crippen LogP contribution in [0, 0.1) is 10.8 Å². The molecule has 1 fully saturated rings. The largest absolute Gasteiger partial charge is 0.393 e. The van der Waals surface area contributed by atoms with Gasteiger partial charge in [-0.2, -0.15) is 5.10 Å². The molecule has 0 spiro atoms. The molecule has 27 heavy (non-hydrogen) atoms. The first-order valence-corrected chi connectivity index (χ1v) is 9.48. The van der Waals surface area contributed by atoms with E-state index in [2.05, 4.69) is 50.2 Å². The van der Waals surface area contributed by atoms with Crippen molar-refractivity contribution < 1.29 is 4.79 Å². The van der Waals surface area contributed by atoms with Crippen LogP contribution >= 0.6 is 15.9 Å². The maximum atomic E-state index is 12.7. The summed E-state index contributed by atoms with van der Waals surface area (Å²) in [6, 6.07) is 0.147. The van der Waals surface area contributed by atoms with E-state index in [-0.39, 0.29) is 28.0 Å². The number of hydrogen-bond donors (Lipinski definition) is 4. The van der Waals surface area contributed by atoms with E-state index in [1.165, 1.54) is 12.4 Å². The van der Waals surface area contributed by atoms with E-state index in [1.807, 2.05) is 0 Å². The lowest BCUT2D eigenvalue weighted by atomic mass is 9.75. The zero-order valence-electron chi connectivity index (χ0n) is 15.3. The molecule has 2 heterocycles. The summed E-state index contributed by atoms with van der Waals surface area (Å²) in [5.74, 6) is -0.520. The lowest BCUT2D eigenvalue weighted by Gasteiger charge is -2.34. The van der Waals surface area contributed by atoms with Crippen LogP contribution in [0.15, 0.2) is 17.0 Å². The van der Waals surface area contributed by atoms with Crippen LogP contribution < -0.4 is 16.8 Å². The standard InChI is InChI=1S/C17H23BrN8O/c1-17(2)5-3-9(4-6-17)26-15-12(14(21)22-8-23-15)13(25-26)16(27)24-11(20)7-10(18)19/h7-9H,3-6,19H2,1-2H3,(H2,20,24,27)(H2,21,22,23)/b10-7-. The molecule has 6 N–H and O–H groups in total. The fraction of sp³-hybridized carbons (Fsp3) is 0.471. The molecule has 0 aliphatic heterocycles.